The zero-order valence-electron chi connectivity index (χ0n) is 7.76. The maximum absolute atomic E-state index is 11.3. The molecule has 1 aliphatic rings. The Balaban J connectivity index is 2.58. The molecule has 1 fully saturated rings. The van der Waals surface area contributed by atoms with Crippen LogP contribution < -0.4 is 0 Å². The predicted octanol–water partition coefficient (Wildman–Crippen LogP) is 2.65. The number of rotatable bonds is 1. The minimum atomic E-state index is 0.323. The maximum atomic E-state index is 11.3. The van der Waals surface area contributed by atoms with Crippen LogP contribution >= 0.6 is 0 Å². The number of Topliss-reactive ketones (excluding diaryl/α,β-unsaturated/α-hetero) is 1. The highest BCUT2D eigenvalue weighted by Crippen LogP contribution is 2.32. The fourth-order valence-corrected chi connectivity index (χ4v) is 2.14. The predicted molar refractivity (Wildman–Crippen MR) is 46.4 cm³/mol. The van der Waals surface area contributed by atoms with Gasteiger partial charge < -0.3 is 0 Å². The summed E-state index contributed by atoms with van der Waals surface area (Å²) in [7, 11) is 0. The highest BCUT2D eigenvalue weighted by Gasteiger charge is 2.29. The zero-order chi connectivity index (χ0) is 8.43. The Hall–Kier alpha value is -0.330. The van der Waals surface area contributed by atoms with Crippen molar-refractivity contribution in [3.8, 4) is 0 Å². The van der Waals surface area contributed by atoms with Crippen molar-refractivity contribution in [3.63, 3.8) is 0 Å². The molecule has 1 saturated carbocycles. The van der Waals surface area contributed by atoms with Crippen LogP contribution in [-0.4, -0.2) is 5.78 Å². The number of carbonyl (C=O) groups is 1. The molecule has 2 atom stereocenters. The Morgan fingerprint density at radius 3 is 2.55 bits per heavy atom. The van der Waals surface area contributed by atoms with Crippen LogP contribution in [0.1, 0.15) is 40.0 Å². The molecule has 0 aliphatic heterocycles. The van der Waals surface area contributed by atoms with Crippen molar-refractivity contribution in [3.05, 3.63) is 0 Å². The minimum Gasteiger partial charge on any atom is -0.299 e. The van der Waals surface area contributed by atoms with Gasteiger partial charge in [-0.05, 0) is 24.7 Å². The van der Waals surface area contributed by atoms with E-state index in [4.69, 9.17) is 0 Å². The first kappa shape index (κ1) is 8.76. The fourth-order valence-electron chi connectivity index (χ4n) is 2.14. The minimum absolute atomic E-state index is 0.323. The molecule has 1 nitrogen and oxygen atoms in total. The fraction of sp³-hybridized carbons (Fsp3) is 0.900. The second-order valence-electron chi connectivity index (χ2n) is 4.06. The molecule has 0 bridgehead atoms. The van der Waals surface area contributed by atoms with Gasteiger partial charge in [-0.15, -0.1) is 0 Å². The monoisotopic (exact) mass is 154 g/mol. The van der Waals surface area contributed by atoms with E-state index in [1.165, 1.54) is 6.42 Å². The zero-order valence-corrected chi connectivity index (χ0v) is 7.76. The van der Waals surface area contributed by atoms with Crippen molar-refractivity contribution in [2.45, 2.75) is 40.0 Å². The van der Waals surface area contributed by atoms with Crippen molar-refractivity contribution in [2.24, 2.45) is 17.8 Å². The summed E-state index contributed by atoms with van der Waals surface area (Å²) in [5, 5.41) is 0. The Labute approximate surface area is 69.2 Å². The first-order chi connectivity index (χ1) is 5.13. The summed E-state index contributed by atoms with van der Waals surface area (Å²) in [4.78, 5) is 11.3. The third-order valence-corrected chi connectivity index (χ3v) is 2.97. The van der Waals surface area contributed by atoms with Gasteiger partial charge in [-0.1, -0.05) is 20.8 Å². The van der Waals surface area contributed by atoms with Crippen LogP contribution in [0.2, 0.25) is 0 Å². The van der Waals surface area contributed by atoms with Crippen molar-refractivity contribution >= 4 is 5.78 Å². The SMILES string of the molecule is CC(C)[C@H]1CCCC(=O)[C@H]1C. The van der Waals surface area contributed by atoms with Gasteiger partial charge in [0.25, 0.3) is 0 Å². The van der Waals surface area contributed by atoms with Gasteiger partial charge in [0.05, 0.1) is 0 Å². The van der Waals surface area contributed by atoms with Crippen LogP contribution in [-0.2, 0) is 4.79 Å². The van der Waals surface area contributed by atoms with E-state index < -0.39 is 0 Å². The molecule has 0 aromatic heterocycles. The van der Waals surface area contributed by atoms with Gasteiger partial charge in [0.1, 0.15) is 5.78 Å². The largest absolute Gasteiger partial charge is 0.299 e. The quantitative estimate of drug-likeness (QED) is 0.567. The molecule has 0 amide bonds. The first-order valence-corrected chi connectivity index (χ1v) is 4.65. The molecule has 0 aromatic rings. The van der Waals surface area contributed by atoms with E-state index >= 15 is 0 Å². The number of hydrogen-bond acceptors (Lipinski definition) is 1. The molecule has 11 heavy (non-hydrogen) atoms. The van der Waals surface area contributed by atoms with E-state index in [1.54, 1.807) is 0 Å². The van der Waals surface area contributed by atoms with Gasteiger partial charge in [-0.2, -0.15) is 0 Å². The second-order valence-corrected chi connectivity index (χ2v) is 4.06. The molecule has 0 aromatic carbocycles. The summed E-state index contributed by atoms with van der Waals surface area (Å²) in [5.74, 6) is 2.13. The second kappa shape index (κ2) is 3.38. The molecule has 0 unspecified atom stereocenters. The Kier molecular flexibility index (Phi) is 2.69. The highest BCUT2D eigenvalue weighted by atomic mass is 16.1. The van der Waals surface area contributed by atoms with Gasteiger partial charge >= 0.3 is 0 Å². The van der Waals surface area contributed by atoms with Crippen LogP contribution in [0, 0.1) is 17.8 Å². The molecule has 1 aliphatic carbocycles. The topological polar surface area (TPSA) is 17.1 Å². The van der Waals surface area contributed by atoms with Crippen LogP contribution in [0.4, 0.5) is 0 Å². The lowest BCUT2D eigenvalue weighted by atomic mass is 9.74. The summed E-state index contributed by atoms with van der Waals surface area (Å²) in [6.45, 7) is 6.53. The average molecular weight is 154 g/mol. The van der Waals surface area contributed by atoms with E-state index in [2.05, 4.69) is 20.8 Å². The molecule has 0 heterocycles. The van der Waals surface area contributed by atoms with Crippen molar-refractivity contribution < 1.29 is 4.79 Å². The lowest BCUT2D eigenvalue weighted by molar-refractivity contribution is -0.126. The summed E-state index contributed by atoms with van der Waals surface area (Å²) < 4.78 is 0. The first-order valence-electron chi connectivity index (χ1n) is 4.65. The Morgan fingerprint density at radius 2 is 2.09 bits per heavy atom. The molecular formula is C10H18O. The summed E-state index contributed by atoms with van der Waals surface area (Å²) >= 11 is 0. The lowest BCUT2D eigenvalue weighted by Gasteiger charge is -2.30. The van der Waals surface area contributed by atoms with Gasteiger partial charge in [0.2, 0.25) is 0 Å². The van der Waals surface area contributed by atoms with Crippen LogP contribution in [0.5, 0.6) is 0 Å². The van der Waals surface area contributed by atoms with Gasteiger partial charge in [-0.3, -0.25) is 4.79 Å². The smallest absolute Gasteiger partial charge is 0.135 e. The van der Waals surface area contributed by atoms with Gasteiger partial charge in [0, 0.05) is 12.3 Å². The number of hydrogen-bond donors (Lipinski definition) is 0. The van der Waals surface area contributed by atoms with E-state index in [9.17, 15) is 4.79 Å². The molecular weight excluding hydrogens is 136 g/mol. The molecule has 1 rings (SSSR count). The average Bonchev–Trinajstić information content (AvgIpc) is 1.94. The van der Waals surface area contributed by atoms with E-state index in [0.717, 1.165) is 12.8 Å². The van der Waals surface area contributed by atoms with Crippen molar-refractivity contribution in [1.29, 1.82) is 0 Å². The standard InChI is InChI=1S/C10H18O/c1-7(2)9-5-4-6-10(11)8(9)3/h7-9H,4-6H2,1-3H3/t8-,9+/m0/s1. The van der Waals surface area contributed by atoms with Gasteiger partial charge in [0.15, 0.2) is 0 Å². The molecule has 0 saturated heterocycles. The lowest BCUT2D eigenvalue weighted by Crippen LogP contribution is -2.29. The number of carbonyl (C=O) groups excluding carboxylic acids is 1. The summed E-state index contributed by atoms with van der Waals surface area (Å²) in [6, 6.07) is 0. The number of ketones is 1. The highest BCUT2D eigenvalue weighted by molar-refractivity contribution is 5.81. The maximum Gasteiger partial charge on any atom is 0.135 e. The van der Waals surface area contributed by atoms with E-state index in [-0.39, 0.29) is 0 Å². The van der Waals surface area contributed by atoms with Crippen LogP contribution in [0.15, 0.2) is 0 Å². The summed E-state index contributed by atoms with van der Waals surface area (Å²) in [6.07, 6.45) is 3.20. The Morgan fingerprint density at radius 1 is 1.45 bits per heavy atom. The molecule has 1 heteroatoms. The molecule has 0 radical (unpaired) electrons. The third-order valence-electron chi connectivity index (χ3n) is 2.97. The van der Waals surface area contributed by atoms with Crippen LogP contribution in [0.25, 0.3) is 0 Å². The summed E-state index contributed by atoms with van der Waals surface area (Å²) in [5.41, 5.74) is 0. The normalized spacial score (nSPS) is 32.9. The van der Waals surface area contributed by atoms with Gasteiger partial charge in [-0.25, -0.2) is 0 Å². The molecule has 0 spiro atoms. The van der Waals surface area contributed by atoms with Crippen molar-refractivity contribution in [1.82, 2.24) is 0 Å². The van der Waals surface area contributed by atoms with Crippen molar-refractivity contribution in [2.75, 3.05) is 0 Å². The molecule has 64 valence electrons. The van der Waals surface area contributed by atoms with E-state index in [1.807, 2.05) is 0 Å². The Bertz CT molecular complexity index is 149. The van der Waals surface area contributed by atoms with Crippen LogP contribution in [0.3, 0.4) is 0 Å². The third kappa shape index (κ3) is 1.82. The molecule has 0 N–H and O–H groups in total. The van der Waals surface area contributed by atoms with E-state index in [0.29, 0.717) is 23.5 Å².